The van der Waals surface area contributed by atoms with Crippen LogP contribution in [0.2, 0.25) is 0 Å². The van der Waals surface area contributed by atoms with Crippen molar-refractivity contribution in [1.29, 1.82) is 0 Å². The average Bonchev–Trinajstić information content (AvgIpc) is 3.22. The number of likely N-dealkylation sites (tertiary alicyclic amines) is 1. The average molecular weight is 313 g/mol. The number of rotatable bonds is 3. The van der Waals surface area contributed by atoms with Crippen molar-refractivity contribution in [3.8, 4) is 0 Å². The number of amides is 1. The van der Waals surface area contributed by atoms with Gasteiger partial charge in [-0.1, -0.05) is 42.5 Å². The maximum absolute atomic E-state index is 13.0. The summed E-state index contributed by atoms with van der Waals surface area (Å²) in [6.45, 7) is 2.49. The van der Waals surface area contributed by atoms with Crippen LogP contribution >= 0.6 is 0 Å². The van der Waals surface area contributed by atoms with E-state index in [1.807, 2.05) is 54.3 Å². The molecule has 5 heteroatoms. The molecule has 2 bridgehead atoms. The van der Waals surface area contributed by atoms with Crippen LogP contribution in [0.3, 0.4) is 0 Å². The molecule has 0 unspecified atom stereocenters. The van der Waals surface area contributed by atoms with Crippen LogP contribution in [0.5, 0.6) is 0 Å². The zero-order chi connectivity index (χ0) is 16.2. The standard InChI is InChI=1S/C18H19NO4/c1-11(12-6-4-3-5-7-12)19-10-18-9-8-13(23-18)14(17(21)22-2)15(18)16(19)20/h3-9,11,13-15H,10H2,1-2H3/t11-,13+,14+,15+,18-/m1/s1. The fraction of sp³-hybridized carbons (Fsp3) is 0.444. The topological polar surface area (TPSA) is 55.8 Å². The predicted octanol–water partition coefficient (Wildman–Crippen LogP) is 1.70. The molecule has 1 aromatic carbocycles. The molecule has 2 fully saturated rings. The zero-order valence-electron chi connectivity index (χ0n) is 13.1. The van der Waals surface area contributed by atoms with Crippen molar-refractivity contribution in [2.75, 3.05) is 13.7 Å². The fourth-order valence-corrected chi connectivity index (χ4v) is 4.17. The van der Waals surface area contributed by atoms with Crippen LogP contribution in [0.15, 0.2) is 42.5 Å². The molecule has 23 heavy (non-hydrogen) atoms. The van der Waals surface area contributed by atoms with E-state index in [-0.39, 0.29) is 24.0 Å². The van der Waals surface area contributed by atoms with E-state index < -0.39 is 17.4 Å². The predicted molar refractivity (Wildman–Crippen MR) is 82.3 cm³/mol. The van der Waals surface area contributed by atoms with Crippen LogP contribution in [0.1, 0.15) is 18.5 Å². The van der Waals surface area contributed by atoms with Gasteiger partial charge in [0.1, 0.15) is 11.5 Å². The first kappa shape index (κ1) is 14.5. The number of methoxy groups -OCH3 is 1. The van der Waals surface area contributed by atoms with Crippen LogP contribution in [-0.4, -0.2) is 42.1 Å². The quantitative estimate of drug-likeness (QED) is 0.629. The number of fused-ring (bicyclic) bond motifs is 1. The third-order valence-electron chi connectivity index (χ3n) is 5.35. The number of hydrogen-bond donors (Lipinski definition) is 0. The van der Waals surface area contributed by atoms with Crippen LogP contribution < -0.4 is 0 Å². The largest absolute Gasteiger partial charge is 0.469 e. The first-order valence-corrected chi connectivity index (χ1v) is 7.88. The maximum atomic E-state index is 13.0. The molecule has 0 saturated carbocycles. The Morgan fingerprint density at radius 1 is 1.39 bits per heavy atom. The lowest BCUT2D eigenvalue weighted by Crippen LogP contribution is -2.39. The van der Waals surface area contributed by atoms with Gasteiger partial charge in [0.05, 0.1) is 31.7 Å². The summed E-state index contributed by atoms with van der Waals surface area (Å²) in [6, 6.07) is 9.84. The Bertz CT molecular complexity index is 686. The Balaban J connectivity index is 1.67. The van der Waals surface area contributed by atoms with Gasteiger partial charge < -0.3 is 14.4 Å². The summed E-state index contributed by atoms with van der Waals surface area (Å²) in [5, 5.41) is 0. The number of ether oxygens (including phenoxy) is 2. The zero-order valence-corrected chi connectivity index (χ0v) is 13.1. The maximum Gasteiger partial charge on any atom is 0.312 e. The molecule has 3 heterocycles. The minimum Gasteiger partial charge on any atom is -0.469 e. The van der Waals surface area contributed by atoms with Crippen molar-refractivity contribution in [2.45, 2.75) is 24.7 Å². The molecule has 4 rings (SSSR count). The first-order valence-electron chi connectivity index (χ1n) is 7.88. The van der Waals surface area contributed by atoms with Gasteiger partial charge in [0.2, 0.25) is 5.91 Å². The minimum atomic E-state index is -0.677. The highest BCUT2D eigenvalue weighted by Gasteiger charge is 2.67. The van der Waals surface area contributed by atoms with Gasteiger partial charge in [-0.05, 0) is 12.5 Å². The summed E-state index contributed by atoms with van der Waals surface area (Å²) in [5.74, 6) is -1.40. The molecule has 0 radical (unpaired) electrons. The SMILES string of the molecule is COC(=O)[C@H]1[C@@H]2C=C[C@]3(CN([C@H](C)c4ccccc4)C(=O)[C@H]13)O2. The van der Waals surface area contributed by atoms with E-state index >= 15 is 0 Å². The molecule has 0 N–H and O–H groups in total. The van der Waals surface area contributed by atoms with E-state index in [9.17, 15) is 9.59 Å². The van der Waals surface area contributed by atoms with Crippen molar-refractivity contribution in [1.82, 2.24) is 4.90 Å². The Morgan fingerprint density at radius 2 is 2.13 bits per heavy atom. The number of nitrogens with zero attached hydrogens (tertiary/aromatic N) is 1. The Labute approximate surface area is 134 Å². The number of carbonyl (C=O) groups excluding carboxylic acids is 2. The summed E-state index contributed by atoms with van der Waals surface area (Å²) >= 11 is 0. The molecule has 2 saturated heterocycles. The second kappa shape index (κ2) is 4.93. The Morgan fingerprint density at radius 3 is 2.83 bits per heavy atom. The van der Waals surface area contributed by atoms with Gasteiger partial charge in [-0.3, -0.25) is 9.59 Å². The molecule has 3 aliphatic rings. The molecular formula is C18H19NO4. The highest BCUT2D eigenvalue weighted by atomic mass is 16.5. The molecule has 3 aliphatic heterocycles. The number of benzene rings is 1. The highest BCUT2D eigenvalue weighted by molar-refractivity contribution is 5.91. The Kier molecular flexibility index (Phi) is 3.10. The molecular weight excluding hydrogens is 294 g/mol. The number of esters is 1. The van der Waals surface area contributed by atoms with E-state index in [1.165, 1.54) is 7.11 Å². The van der Waals surface area contributed by atoms with Crippen molar-refractivity contribution in [3.05, 3.63) is 48.0 Å². The first-order chi connectivity index (χ1) is 11.1. The third kappa shape index (κ3) is 1.89. The van der Waals surface area contributed by atoms with Crippen molar-refractivity contribution >= 4 is 11.9 Å². The molecule has 1 spiro atoms. The van der Waals surface area contributed by atoms with E-state index in [0.717, 1.165) is 5.56 Å². The van der Waals surface area contributed by atoms with Gasteiger partial charge >= 0.3 is 5.97 Å². The summed E-state index contributed by atoms with van der Waals surface area (Å²) in [4.78, 5) is 27.0. The molecule has 1 amide bonds. The van der Waals surface area contributed by atoms with Gasteiger partial charge in [-0.15, -0.1) is 0 Å². The highest BCUT2D eigenvalue weighted by Crippen LogP contribution is 2.53. The van der Waals surface area contributed by atoms with E-state index in [1.54, 1.807) is 0 Å². The number of carbonyl (C=O) groups is 2. The second-order valence-electron chi connectivity index (χ2n) is 6.48. The van der Waals surface area contributed by atoms with E-state index in [2.05, 4.69) is 0 Å². The smallest absolute Gasteiger partial charge is 0.312 e. The minimum absolute atomic E-state index is 0.0244. The molecule has 120 valence electrons. The van der Waals surface area contributed by atoms with Crippen molar-refractivity contribution < 1.29 is 19.1 Å². The lowest BCUT2D eigenvalue weighted by Gasteiger charge is -2.27. The van der Waals surface area contributed by atoms with E-state index in [0.29, 0.717) is 6.54 Å². The molecule has 5 atom stereocenters. The molecule has 1 aromatic rings. The van der Waals surface area contributed by atoms with Gasteiger partial charge in [0, 0.05) is 0 Å². The van der Waals surface area contributed by atoms with Crippen LogP contribution in [0.4, 0.5) is 0 Å². The molecule has 5 nitrogen and oxygen atoms in total. The lowest BCUT2D eigenvalue weighted by molar-refractivity contribution is -0.151. The lowest BCUT2D eigenvalue weighted by atomic mass is 9.77. The van der Waals surface area contributed by atoms with Gasteiger partial charge in [0.15, 0.2) is 0 Å². The summed E-state index contributed by atoms with van der Waals surface area (Å²) in [6.07, 6.45) is 3.50. The number of hydrogen-bond acceptors (Lipinski definition) is 4. The monoisotopic (exact) mass is 313 g/mol. The fourth-order valence-electron chi connectivity index (χ4n) is 4.17. The van der Waals surface area contributed by atoms with Crippen LogP contribution in [0.25, 0.3) is 0 Å². The van der Waals surface area contributed by atoms with Gasteiger partial charge in [0.25, 0.3) is 0 Å². The van der Waals surface area contributed by atoms with Crippen LogP contribution in [-0.2, 0) is 19.1 Å². The molecule has 0 aromatic heterocycles. The Hall–Kier alpha value is -2.14. The van der Waals surface area contributed by atoms with Crippen LogP contribution in [0, 0.1) is 11.8 Å². The third-order valence-corrected chi connectivity index (χ3v) is 5.35. The normalized spacial score (nSPS) is 35.5. The second-order valence-corrected chi connectivity index (χ2v) is 6.48. The molecule has 0 aliphatic carbocycles. The van der Waals surface area contributed by atoms with Crippen molar-refractivity contribution in [2.24, 2.45) is 11.8 Å². The van der Waals surface area contributed by atoms with E-state index in [4.69, 9.17) is 9.47 Å². The van der Waals surface area contributed by atoms with Gasteiger partial charge in [-0.25, -0.2) is 0 Å². The summed E-state index contributed by atoms with van der Waals surface area (Å²) < 4.78 is 10.9. The van der Waals surface area contributed by atoms with Crippen molar-refractivity contribution in [3.63, 3.8) is 0 Å². The summed E-state index contributed by atoms with van der Waals surface area (Å²) in [7, 11) is 1.36. The summed E-state index contributed by atoms with van der Waals surface area (Å²) in [5.41, 5.74) is 0.397. The van der Waals surface area contributed by atoms with Gasteiger partial charge in [-0.2, -0.15) is 0 Å².